The monoisotopic (exact) mass is 249 g/mol. The van der Waals surface area contributed by atoms with Gasteiger partial charge in [0.2, 0.25) is 0 Å². The second kappa shape index (κ2) is 6.75. The van der Waals surface area contributed by atoms with Crippen LogP contribution >= 0.6 is 0 Å². The van der Waals surface area contributed by atoms with Crippen LogP contribution in [0.15, 0.2) is 48.5 Å². The summed E-state index contributed by atoms with van der Waals surface area (Å²) < 4.78 is 0. The van der Waals surface area contributed by atoms with Crippen LogP contribution in [-0.4, -0.2) is 0 Å². The summed E-state index contributed by atoms with van der Waals surface area (Å²) >= 11 is 0. The van der Waals surface area contributed by atoms with Gasteiger partial charge in [-0.25, -0.2) is 0 Å². The van der Waals surface area contributed by atoms with E-state index < -0.39 is 0 Å². The molecule has 0 fully saturated rings. The molecule has 0 unspecified atom stereocenters. The molecule has 0 radical (unpaired) electrons. The molecule has 0 saturated heterocycles. The summed E-state index contributed by atoms with van der Waals surface area (Å²) in [4.78, 5) is 0. The standard InChI is InChI=1S/C18H19N/c1-15-6-8-16(9-7-15)4-2-3-5-17-10-12-18(14-19)13-11-17/h6-13H,2-5H2,1H3. The van der Waals surface area contributed by atoms with Crippen molar-refractivity contribution in [3.05, 3.63) is 70.8 Å². The van der Waals surface area contributed by atoms with E-state index in [-0.39, 0.29) is 0 Å². The van der Waals surface area contributed by atoms with Crippen molar-refractivity contribution in [2.45, 2.75) is 32.6 Å². The Balaban J connectivity index is 1.74. The lowest BCUT2D eigenvalue weighted by Crippen LogP contribution is -1.90. The maximum atomic E-state index is 8.74. The third-order valence-electron chi connectivity index (χ3n) is 3.38. The Labute approximate surface area is 115 Å². The van der Waals surface area contributed by atoms with Gasteiger partial charge < -0.3 is 0 Å². The van der Waals surface area contributed by atoms with E-state index in [0.29, 0.717) is 0 Å². The highest BCUT2D eigenvalue weighted by Crippen LogP contribution is 2.11. The lowest BCUT2D eigenvalue weighted by Gasteiger charge is -2.03. The Morgan fingerprint density at radius 2 is 1.26 bits per heavy atom. The Morgan fingerprint density at radius 3 is 1.74 bits per heavy atom. The average molecular weight is 249 g/mol. The topological polar surface area (TPSA) is 23.8 Å². The number of nitriles is 1. The lowest BCUT2D eigenvalue weighted by molar-refractivity contribution is 0.734. The summed E-state index contributed by atoms with van der Waals surface area (Å²) in [6.45, 7) is 2.12. The van der Waals surface area contributed by atoms with Crippen LogP contribution in [0.4, 0.5) is 0 Å². The number of rotatable bonds is 5. The Hall–Kier alpha value is -2.07. The maximum Gasteiger partial charge on any atom is 0.0991 e. The van der Waals surface area contributed by atoms with Gasteiger partial charge in [-0.1, -0.05) is 42.0 Å². The van der Waals surface area contributed by atoms with Crippen molar-refractivity contribution < 1.29 is 0 Å². The number of unbranched alkanes of at least 4 members (excludes halogenated alkanes) is 1. The van der Waals surface area contributed by atoms with Gasteiger partial charge in [0.1, 0.15) is 0 Å². The summed E-state index contributed by atoms with van der Waals surface area (Å²) in [5.74, 6) is 0. The molecule has 0 aliphatic rings. The molecule has 19 heavy (non-hydrogen) atoms. The van der Waals surface area contributed by atoms with E-state index in [2.05, 4.69) is 49.4 Å². The minimum atomic E-state index is 0.739. The molecule has 0 saturated carbocycles. The summed E-state index contributed by atoms with van der Waals surface area (Å²) in [7, 11) is 0. The van der Waals surface area contributed by atoms with E-state index in [0.717, 1.165) is 18.4 Å². The number of benzene rings is 2. The third kappa shape index (κ3) is 4.26. The van der Waals surface area contributed by atoms with Crippen molar-refractivity contribution in [2.75, 3.05) is 0 Å². The predicted molar refractivity (Wildman–Crippen MR) is 79.0 cm³/mol. The molecule has 0 aliphatic heterocycles. The molecule has 1 heteroatoms. The lowest BCUT2D eigenvalue weighted by atomic mass is 10.0. The van der Waals surface area contributed by atoms with Crippen molar-refractivity contribution >= 4 is 0 Å². The summed E-state index contributed by atoms with van der Waals surface area (Å²) in [5, 5.41) is 8.74. The van der Waals surface area contributed by atoms with Crippen molar-refractivity contribution in [2.24, 2.45) is 0 Å². The molecule has 2 aromatic rings. The molecule has 0 atom stereocenters. The first-order valence-electron chi connectivity index (χ1n) is 6.82. The molecular weight excluding hydrogens is 230 g/mol. The first kappa shape index (κ1) is 13.4. The fraction of sp³-hybridized carbons (Fsp3) is 0.278. The van der Waals surface area contributed by atoms with Crippen LogP contribution < -0.4 is 0 Å². The zero-order chi connectivity index (χ0) is 13.5. The van der Waals surface area contributed by atoms with Gasteiger partial charge in [0.25, 0.3) is 0 Å². The second-order valence-corrected chi connectivity index (χ2v) is 5.00. The number of hydrogen-bond donors (Lipinski definition) is 0. The van der Waals surface area contributed by atoms with E-state index in [1.807, 2.05) is 12.1 Å². The largest absolute Gasteiger partial charge is 0.192 e. The van der Waals surface area contributed by atoms with Crippen LogP contribution in [0.5, 0.6) is 0 Å². The van der Waals surface area contributed by atoms with Crippen LogP contribution in [0.1, 0.15) is 35.1 Å². The van der Waals surface area contributed by atoms with E-state index >= 15 is 0 Å². The minimum absolute atomic E-state index is 0.739. The first-order chi connectivity index (χ1) is 9.28. The van der Waals surface area contributed by atoms with Gasteiger partial charge in [0.15, 0.2) is 0 Å². The SMILES string of the molecule is Cc1ccc(CCCCc2ccc(C#N)cc2)cc1. The van der Waals surface area contributed by atoms with Gasteiger partial charge in [-0.3, -0.25) is 0 Å². The number of aryl methyl sites for hydroxylation is 3. The number of nitrogens with zero attached hydrogens (tertiary/aromatic N) is 1. The third-order valence-corrected chi connectivity index (χ3v) is 3.38. The fourth-order valence-electron chi connectivity index (χ4n) is 2.16. The summed E-state index contributed by atoms with van der Waals surface area (Å²) in [5.41, 5.74) is 4.80. The van der Waals surface area contributed by atoms with Crippen molar-refractivity contribution in [3.8, 4) is 6.07 Å². The molecule has 0 amide bonds. The summed E-state index contributed by atoms with van der Waals surface area (Å²) in [6.07, 6.45) is 4.65. The molecule has 0 aliphatic carbocycles. The molecule has 96 valence electrons. The van der Waals surface area contributed by atoms with Gasteiger partial charge in [-0.15, -0.1) is 0 Å². The van der Waals surface area contributed by atoms with Crippen LogP contribution in [0.2, 0.25) is 0 Å². The van der Waals surface area contributed by atoms with E-state index in [1.165, 1.54) is 29.5 Å². The van der Waals surface area contributed by atoms with Crippen LogP contribution in [0, 0.1) is 18.3 Å². The normalized spacial score (nSPS) is 10.1. The smallest absolute Gasteiger partial charge is 0.0991 e. The highest BCUT2D eigenvalue weighted by atomic mass is 14.2. The van der Waals surface area contributed by atoms with Crippen LogP contribution in [0.3, 0.4) is 0 Å². The average Bonchev–Trinajstić information content (AvgIpc) is 2.46. The van der Waals surface area contributed by atoms with Crippen molar-refractivity contribution in [1.82, 2.24) is 0 Å². The Morgan fingerprint density at radius 1 is 0.789 bits per heavy atom. The zero-order valence-corrected chi connectivity index (χ0v) is 11.4. The van der Waals surface area contributed by atoms with Gasteiger partial charge in [0, 0.05) is 0 Å². The van der Waals surface area contributed by atoms with Crippen LogP contribution in [0.25, 0.3) is 0 Å². The quantitative estimate of drug-likeness (QED) is 0.719. The van der Waals surface area contributed by atoms with E-state index in [1.54, 1.807) is 0 Å². The molecule has 0 aromatic heterocycles. The van der Waals surface area contributed by atoms with Crippen molar-refractivity contribution in [3.63, 3.8) is 0 Å². The molecule has 0 N–H and O–H groups in total. The van der Waals surface area contributed by atoms with E-state index in [9.17, 15) is 0 Å². The molecule has 0 spiro atoms. The molecule has 2 aromatic carbocycles. The molecule has 1 nitrogen and oxygen atoms in total. The van der Waals surface area contributed by atoms with Crippen molar-refractivity contribution in [1.29, 1.82) is 5.26 Å². The highest BCUT2D eigenvalue weighted by Gasteiger charge is 1.96. The zero-order valence-electron chi connectivity index (χ0n) is 11.4. The molecule has 2 rings (SSSR count). The van der Waals surface area contributed by atoms with Gasteiger partial charge in [-0.2, -0.15) is 5.26 Å². The van der Waals surface area contributed by atoms with Crippen LogP contribution in [-0.2, 0) is 12.8 Å². The highest BCUT2D eigenvalue weighted by molar-refractivity contribution is 5.31. The first-order valence-corrected chi connectivity index (χ1v) is 6.82. The maximum absolute atomic E-state index is 8.74. The Bertz CT molecular complexity index is 544. The predicted octanol–water partition coefficient (Wildman–Crippen LogP) is 4.43. The fourth-order valence-corrected chi connectivity index (χ4v) is 2.16. The van der Waals surface area contributed by atoms with E-state index in [4.69, 9.17) is 5.26 Å². The van der Waals surface area contributed by atoms with Gasteiger partial charge in [-0.05, 0) is 55.9 Å². The van der Waals surface area contributed by atoms with Gasteiger partial charge in [0.05, 0.1) is 11.6 Å². The summed E-state index contributed by atoms with van der Waals surface area (Å²) in [6, 6.07) is 18.9. The Kier molecular flexibility index (Phi) is 4.75. The van der Waals surface area contributed by atoms with Gasteiger partial charge >= 0.3 is 0 Å². The molecular formula is C18H19N. The molecule has 0 heterocycles. The second-order valence-electron chi connectivity index (χ2n) is 5.00. The number of hydrogen-bond acceptors (Lipinski definition) is 1. The molecule has 0 bridgehead atoms. The minimum Gasteiger partial charge on any atom is -0.192 e.